The Kier molecular flexibility index (Phi) is 7.67. The van der Waals surface area contributed by atoms with Gasteiger partial charge in [-0.2, -0.15) is 0 Å². The van der Waals surface area contributed by atoms with Gasteiger partial charge in [0.15, 0.2) is 6.04 Å². The van der Waals surface area contributed by atoms with Crippen molar-refractivity contribution in [3.63, 3.8) is 0 Å². The van der Waals surface area contributed by atoms with E-state index in [4.69, 9.17) is 9.15 Å². The summed E-state index contributed by atoms with van der Waals surface area (Å²) in [6.07, 6.45) is 1.71. The molecule has 1 atom stereocenters. The van der Waals surface area contributed by atoms with Gasteiger partial charge in [0.05, 0.1) is 19.8 Å². The fraction of sp³-hybridized carbons (Fsp3) is 0.214. The number of anilines is 1. The molecule has 35 heavy (non-hydrogen) atoms. The monoisotopic (exact) mass is 488 g/mol. The number of nitrogens with zero attached hydrogens (tertiary/aromatic N) is 1. The van der Waals surface area contributed by atoms with E-state index in [1.54, 1.807) is 24.1 Å². The molecule has 7 heteroatoms. The zero-order chi connectivity index (χ0) is 24.8. The number of benzene rings is 2. The number of rotatable bonds is 9. The van der Waals surface area contributed by atoms with Crippen molar-refractivity contribution in [2.75, 3.05) is 12.0 Å². The standard InChI is InChI=1S/C28H28N2O4S/c1-19-8-13-24(20(2)16-19)30(26(31)17-23-6-5-15-35-23)27(25-7-4-14-34-25)28(32)29-18-21-9-11-22(33-3)12-10-21/h4-16,27H,17-18H2,1-3H3,(H,29,32)/t27-/m0/s1. The summed E-state index contributed by atoms with van der Waals surface area (Å²) in [7, 11) is 1.61. The SMILES string of the molecule is COc1ccc(CNC(=O)[C@H](c2ccco2)N(C(=O)Cc2cccs2)c2ccc(C)cc2C)cc1. The number of carbonyl (C=O) groups excluding carboxylic acids is 2. The van der Waals surface area contributed by atoms with E-state index in [-0.39, 0.29) is 18.2 Å². The number of ether oxygens (including phenoxy) is 1. The topological polar surface area (TPSA) is 71.8 Å². The van der Waals surface area contributed by atoms with Crippen LogP contribution in [-0.4, -0.2) is 18.9 Å². The Bertz CT molecular complexity index is 1270. The highest BCUT2D eigenvalue weighted by molar-refractivity contribution is 7.10. The van der Waals surface area contributed by atoms with Crippen LogP contribution in [-0.2, 0) is 22.6 Å². The predicted octanol–water partition coefficient (Wildman–Crippen LogP) is 5.60. The first kappa shape index (κ1) is 24.3. The van der Waals surface area contributed by atoms with Crippen LogP contribution < -0.4 is 15.0 Å². The largest absolute Gasteiger partial charge is 0.497 e. The van der Waals surface area contributed by atoms with Crippen LogP contribution in [0.5, 0.6) is 5.75 Å². The lowest BCUT2D eigenvalue weighted by Crippen LogP contribution is -2.44. The van der Waals surface area contributed by atoms with E-state index >= 15 is 0 Å². The van der Waals surface area contributed by atoms with E-state index in [2.05, 4.69) is 5.32 Å². The normalized spacial score (nSPS) is 11.6. The maximum absolute atomic E-state index is 13.7. The number of nitrogens with one attached hydrogen (secondary N) is 1. The van der Waals surface area contributed by atoms with Crippen LogP contribution in [0, 0.1) is 13.8 Å². The Morgan fingerprint density at radius 2 is 1.86 bits per heavy atom. The molecule has 0 saturated heterocycles. The molecule has 2 heterocycles. The van der Waals surface area contributed by atoms with Crippen LogP contribution in [0.1, 0.15) is 33.4 Å². The molecule has 2 aromatic carbocycles. The quantitative estimate of drug-likeness (QED) is 0.333. The average molecular weight is 489 g/mol. The van der Waals surface area contributed by atoms with Crippen LogP contribution in [0.3, 0.4) is 0 Å². The Morgan fingerprint density at radius 1 is 1.06 bits per heavy atom. The lowest BCUT2D eigenvalue weighted by Gasteiger charge is -2.31. The lowest BCUT2D eigenvalue weighted by molar-refractivity contribution is -0.127. The van der Waals surface area contributed by atoms with Crippen molar-refractivity contribution < 1.29 is 18.7 Å². The molecule has 0 bridgehead atoms. The van der Waals surface area contributed by atoms with Gasteiger partial charge < -0.3 is 14.5 Å². The van der Waals surface area contributed by atoms with Crippen LogP contribution in [0.25, 0.3) is 0 Å². The summed E-state index contributed by atoms with van der Waals surface area (Å²) in [6, 6.07) is 19.7. The first-order valence-electron chi connectivity index (χ1n) is 11.3. The summed E-state index contributed by atoms with van der Waals surface area (Å²) in [5, 5.41) is 4.93. The van der Waals surface area contributed by atoms with E-state index in [0.717, 1.165) is 27.3 Å². The minimum absolute atomic E-state index is 0.180. The summed E-state index contributed by atoms with van der Waals surface area (Å²) in [5.41, 5.74) is 3.58. The van der Waals surface area contributed by atoms with Gasteiger partial charge in [-0.05, 0) is 66.8 Å². The minimum Gasteiger partial charge on any atom is -0.497 e. The number of amides is 2. The Morgan fingerprint density at radius 3 is 2.49 bits per heavy atom. The second-order valence-corrected chi connectivity index (χ2v) is 9.33. The summed E-state index contributed by atoms with van der Waals surface area (Å²) in [4.78, 5) is 29.9. The fourth-order valence-electron chi connectivity index (χ4n) is 3.99. The molecular weight excluding hydrogens is 460 g/mol. The number of thiophene rings is 1. The van der Waals surface area contributed by atoms with Crippen molar-refractivity contribution in [3.05, 3.63) is 106 Å². The molecule has 2 aromatic heterocycles. The third kappa shape index (κ3) is 5.81. The minimum atomic E-state index is -0.961. The van der Waals surface area contributed by atoms with Gasteiger partial charge in [-0.1, -0.05) is 35.9 Å². The number of aryl methyl sites for hydroxylation is 2. The van der Waals surface area contributed by atoms with Gasteiger partial charge in [0.25, 0.3) is 5.91 Å². The van der Waals surface area contributed by atoms with Crippen LogP contribution in [0.15, 0.2) is 82.8 Å². The maximum Gasteiger partial charge on any atom is 0.251 e. The molecule has 0 fully saturated rings. The van der Waals surface area contributed by atoms with E-state index in [0.29, 0.717) is 18.0 Å². The molecule has 0 aliphatic carbocycles. The van der Waals surface area contributed by atoms with Crippen LogP contribution in [0.4, 0.5) is 5.69 Å². The molecular formula is C28H28N2O4S. The Labute approximate surface area is 209 Å². The van der Waals surface area contributed by atoms with Gasteiger partial charge >= 0.3 is 0 Å². The molecule has 4 aromatic rings. The molecule has 0 unspecified atom stereocenters. The molecule has 0 saturated carbocycles. The number of furan rings is 1. The van der Waals surface area contributed by atoms with Gasteiger partial charge in [-0.15, -0.1) is 11.3 Å². The molecule has 6 nitrogen and oxygen atoms in total. The fourth-order valence-corrected chi connectivity index (χ4v) is 4.69. The number of hydrogen-bond acceptors (Lipinski definition) is 5. The molecule has 0 spiro atoms. The molecule has 180 valence electrons. The first-order chi connectivity index (χ1) is 17.0. The zero-order valence-corrected chi connectivity index (χ0v) is 20.8. The Hall–Kier alpha value is -3.84. The third-order valence-electron chi connectivity index (χ3n) is 5.73. The summed E-state index contributed by atoms with van der Waals surface area (Å²) in [5.74, 6) is 0.640. The highest BCUT2D eigenvalue weighted by atomic mass is 32.1. The summed E-state index contributed by atoms with van der Waals surface area (Å²) in [6.45, 7) is 4.25. The second kappa shape index (κ2) is 11.1. The number of methoxy groups -OCH3 is 1. The number of carbonyl (C=O) groups is 2. The smallest absolute Gasteiger partial charge is 0.251 e. The Balaban J connectivity index is 1.68. The van der Waals surface area contributed by atoms with Gasteiger partial charge in [-0.3, -0.25) is 14.5 Å². The van der Waals surface area contributed by atoms with Gasteiger partial charge in [-0.25, -0.2) is 0 Å². The highest BCUT2D eigenvalue weighted by Crippen LogP contribution is 2.32. The summed E-state index contributed by atoms with van der Waals surface area (Å²) < 4.78 is 10.9. The predicted molar refractivity (Wildman–Crippen MR) is 138 cm³/mol. The average Bonchev–Trinajstić information content (AvgIpc) is 3.56. The second-order valence-electron chi connectivity index (χ2n) is 8.29. The van der Waals surface area contributed by atoms with E-state index in [9.17, 15) is 9.59 Å². The first-order valence-corrected chi connectivity index (χ1v) is 12.2. The van der Waals surface area contributed by atoms with Crippen molar-refractivity contribution in [2.24, 2.45) is 0 Å². The number of hydrogen-bond donors (Lipinski definition) is 1. The van der Waals surface area contributed by atoms with Crippen LogP contribution >= 0.6 is 11.3 Å². The van der Waals surface area contributed by atoms with Crippen molar-refractivity contribution in [2.45, 2.75) is 32.9 Å². The molecule has 1 N–H and O–H groups in total. The molecule has 0 aliphatic rings. The van der Waals surface area contributed by atoms with E-state index in [1.165, 1.54) is 17.6 Å². The van der Waals surface area contributed by atoms with Crippen molar-refractivity contribution in [1.82, 2.24) is 5.32 Å². The van der Waals surface area contributed by atoms with Gasteiger partial charge in [0.1, 0.15) is 11.5 Å². The molecule has 0 aliphatic heterocycles. The van der Waals surface area contributed by atoms with Gasteiger partial charge in [0.2, 0.25) is 5.91 Å². The van der Waals surface area contributed by atoms with Gasteiger partial charge in [0, 0.05) is 17.1 Å². The maximum atomic E-state index is 13.7. The lowest BCUT2D eigenvalue weighted by atomic mass is 10.0. The highest BCUT2D eigenvalue weighted by Gasteiger charge is 2.35. The van der Waals surface area contributed by atoms with Crippen molar-refractivity contribution in [3.8, 4) is 5.75 Å². The zero-order valence-electron chi connectivity index (χ0n) is 20.0. The van der Waals surface area contributed by atoms with E-state index in [1.807, 2.05) is 73.8 Å². The summed E-state index contributed by atoms with van der Waals surface area (Å²) >= 11 is 1.52. The van der Waals surface area contributed by atoms with Crippen LogP contribution in [0.2, 0.25) is 0 Å². The van der Waals surface area contributed by atoms with Crippen molar-refractivity contribution in [1.29, 1.82) is 0 Å². The van der Waals surface area contributed by atoms with E-state index < -0.39 is 6.04 Å². The van der Waals surface area contributed by atoms with Crippen molar-refractivity contribution >= 4 is 28.8 Å². The third-order valence-corrected chi connectivity index (χ3v) is 6.61. The molecule has 4 rings (SSSR count). The molecule has 2 amide bonds. The molecule has 0 radical (unpaired) electrons.